The van der Waals surface area contributed by atoms with Crippen LogP contribution in [0.25, 0.3) is 0 Å². The van der Waals surface area contributed by atoms with E-state index in [2.05, 4.69) is 17.2 Å². The molecule has 98 valence electrons. The highest BCUT2D eigenvalue weighted by atomic mass is 19.4. The molecule has 0 saturated carbocycles. The van der Waals surface area contributed by atoms with Crippen molar-refractivity contribution in [2.24, 2.45) is 0 Å². The summed E-state index contributed by atoms with van der Waals surface area (Å²) in [5, 5.41) is 2.80. The molecule has 0 radical (unpaired) electrons. The van der Waals surface area contributed by atoms with E-state index >= 15 is 0 Å². The van der Waals surface area contributed by atoms with Gasteiger partial charge in [0.15, 0.2) is 0 Å². The summed E-state index contributed by atoms with van der Waals surface area (Å²) < 4.78 is 51.2. The summed E-state index contributed by atoms with van der Waals surface area (Å²) in [5.74, 6) is 3.96. The molecule has 0 heterocycles. The van der Waals surface area contributed by atoms with E-state index in [1.807, 2.05) is 0 Å². The van der Waals surface area contributed by atoms with Gasteiger partial charge in [-0.3, -0.25) is 0 Å². The van der Waals surface area contributed by atoms with Crippen LogP contribution in [0.15, 0.2) is 12.1 Å². The highest BCUT2D eigenvalue weighted by Crippen LogP contribution is 2.33. The maximum atomic E-state index is 13.2. The van der Waals surface area contributed by atoms with E-state index in [1.165, 1.54) is 0 Å². The smallest absolute Gasteiger partial charge is 0.396 e. The third kappa shape index (κ3) is 3.64. The molecule has 18 heavy (non-hydrogen) atoms. The van der Waals surface area contributed by atoms with E-state index in [0.29, 0.717) is 25.1 Å². The Morgan fingerprint density at radius 2 is 2.00 bits per heavy atom. The second kappa shape index (κ2) is 5.74. The first-order valence-electron chi connectivity index (χ1n) is 5.16. The lowest BCUT2D eigenvalue weighted by Crippen LogP contribution is -2.10. The SMILES string of the molecule is CNCCC#Cc1cc(F)c(N)cc1C(F)(F)F. The van der Waals surface area contributed by atoms with E-state index < -0.39 is 28.8 Å². The fourth-order valence-electron chi connectivity index (χ4n) is 1.27. The first-order chi connectivity index (χ1) is 8.36. The van der Waals surface area contributed by atoms with Crippen molar-refractivity contribution in [3.05, 3.63) is 29.1 Å². The maximum Gasteiger partial charge on any atom is 0.417 e. The van der Waals surface area contributed by atoms with Crippen LogP contribution in [0.1, 0.15) is 17.5 Å². The summed E-state index contributed by atoms with van der Waals surface area (Å²) in [5.41, 5.74) is 3.18. The van der Waals surface area contributed by atoms with Crippen LogP contribution in [0.5, 0.6) is 0 Å². The second-order valence-corrected chi connectivity index (χ2v) is 3.57. The molecule has 1 aromatic carbocycles. The van der Waals surface area contributed by atoms with Crippen LogP contribution < -0.4 is 11.1 Å². The van der Waals surface area contributed by atoms with Crippen molar-refractivity contribution in [1.29, 1.82) is 0 Å². The molecule has 1 aromatic rings. The quantitative estimate of drug-likeness (QED) is 0.371. The van der Waals surface area contributed by atoms with Gasteiger partial charge in [0.05, 0.1) is 11.3 Å². The summed E-state index contributed by atoms with van der Waals surface area (Å²) in [6.07, 6.45) is -4.23. The van der Waals surface area contributed by atoms with Gasteiger partial charge in [-0.25, -0.2) is 4.39 Å². The molecule has 0 spiro atoms. The van der Waals surface area contributed by atoms with Gasteiger partial charge in [0.25, 0.3) is 0 Å². The summed E-state index contributed by atoms with van der Waals surface area (Å²) in [6.45, 7) is 0.547. The fraction of sp³-hybridized carbons (Fsp3) is 0.333. The Balaban J connectivity index is 3.15. The van der Waals surface area contributed by atoms with E-state index in [0.717, 1.165) is 0 Å². The van der Waals surface area contributed by atoms with Crippen LogP contribution >= 0.6 is 0 Å². The van der Waals surface area contributed by atoms with Gasteiger partial charge >= 0.3 is 6.18 Å². The summed E-state index contributed by atoms with van der Waals surface area (Å²) in [7, 11) is 1.70. The molecule has 0 aliphatic heterocycles. The Labute approximate surface area is 102 Å². The van der Waals surface area contributed by atoms with Crippen molar-refractivity contribution in [2.45, 2.75) is 12.6 Å². The zero-order valence-electron chi connectivity index (χ0n) is 9.66. The van der Waals surface area contributed by atoms with Crippen molar-refractivity contribution < 1.29 is 17.6 Å². The van der Waals surface area contributed by atoms with Gasteiger partial charge in [-0.1, -0.05) is 11.8 Å². The Morgan fingerprint density at radius 1 is 1.33 bits per heavy atom. The minimum atomic E-state index is -4.60. The predicted molar refractivity (Wildman–Crippen MR) is 61.2 cm³/mol. The number of alkyl halides is 3. The molecule has 0 fully saturated rings. The van der Waals surface area contributed by atoms with Crippen molar-refractivity contribution in [3.63, 3.8) is 0 Å². The first-order valence-corrected chi connectivity index (χ1v) is 5.16. The van der Waals surface area contributed by atoms with Crippen LogP contribution in [0.4, 0.5) is 23.2 Å². The Kier molecular flexibility index (Phi) is 4.56. The van der Waals surface area contributed by atoms with Crippen LogP contribution in [0, 0.1) is 17.7 Å². The molecule has 3 N–H and O–H groups in total. The molecular weight excluding hydrogens is 248 g/mol. The van der Waals surface area contributed by atoms with Crippen molar-refractivity contribution in [3.8, 4) is 11.8 Å². The van der Waals surface area contributed by atoms with E-state index in [4.69, 9.17) is 5.73 Å². The largest absolute Gasteiger partial charge is 0.417 e. The first kappa shape index (κ1) is 14.3. The standard InChI is InChI=1S/C12H12F4N2/c1-18-5-3-2-4-8-6-10(13)11(17)7-9(8)12(14,15)16/h6-7,18H,3,5,17H2,1H3. The Hall–Kier alpha value is -1.74. The monoisotopic (exact) mass is 260 g/mol. The average molecular weight is 260 g/mol. The number of nitrogens with two attached hydrogens (primary N) is 1. The molecule has 1 rings (SSSR count). The van der Waals surface area contributed by atoms with E-state index in [1.54, 1.807) is 7.05 Å². The fourth-order valence-corrected chi connectivity index (χ4v) is 1.27. The molecule has 0 saturated heterocycles. The Morgan fingerprint density at radius 3 is 2.56 bits per heavy atom. The lowest BCUT2D eigenvalue weighted by atomic mass is 10.1. The van der Waals surface area contributed by atoms with Gasteiger partial charge in [0.1, 0.15) is 5.82 Å². The van der Waals surface area contributed by atoms with Gasteiger partial charge in [-0.2, -0.15) is 13.2 Å². The molecule has 0 bridgehead atoms. The summed E-state index contributed by atoms with van der Waals surface area (Å²) >= 11 is 0. The number of benzene rings is 1. The molecule has 0 unspecified atom stereocenters. The molecule has 0 amide bonds. The van der Waals surface area contributed by atoms with E-state index in [9.17, 15) is 17.6 Å². The van der Waals surface area contributed by atoms with Crippen molar-refractivity contribution in [1.82, 2.24) is 5.32 Å². The van der Waals surface area contributed by atoms with Gasteiger partial charge in [0.2, 0.25) is 0 Å². The van der Waals surface area contributed by atoms with Crippen LogP contribution in [0.2, 0.25) is 0 Å². The van der Waals surface area contributed by atoms with Crippen LogP contribution in [0.3, 0.4) is 0 Å². The minimum absolute atomic E-state index is 0.375. The van der Waals surface area contributed by atoms with Crippen LogP contribution in [-0.2, 0) is 6.18 Å². The summed E-state index contributed by atoms with van der Waals surface area (Å²) in [6, 6.07) is 1.28. The molecule has 0 aromatic heterocycles. The molecular formula is C12H12F4N2. The molecule has 0 aliphatic rings. The number of nitrogen functional groups attached to an aromatic ring is 1. The highest BCUT2D eigenvalue weighted by Gasteiger charge is 2.34. The highest BCUT2D eigenvalue weighted by molar-refractivity contribution is 5.53. The number of halogens is 4. The number of nitrogens with one attached hydrogen (secondary N) is 1. The topological polar surface area (TPSA) is 38.0 Å². The van der Waals surface area contributed by atoms with Gasteiger partial charge in [0, 0.05) is 18.5 Å². The van der Waals surface area contributed by atoms with Gasteiger partial charge < -0.3 is 11.1 Å². The minimum Gasteiger partial charge on any atom is -0.396 e. The lowest BCUT2D eigenvalue weighted by Gasteiger charge is -2.10. The lowest BCUT2D eigenvalue weighted by molar-refractivity contribution is -0.137. The maximum absolute atomic E-state index is 13.2. The van der Waals surface area contributed by atoms with Crippen molar-refractivity contribution >= 4 is 5.69 Å². The second-order valence-electron chi connectivity index (χ2n) is 3.57. The Bertz CT molecular complexity index is 483. The third-order valence-corrected chi connectivity index (χ3v) is 2.17. The molecule has 2 nitrogen and oxygen atoms in total. The van der Waals surface area contributed by atoms with Gasteiger partial charge in [-0.05, 0) is 19.2 Å². The van der Waals surface area contributed by atoms with Gasteiger partial charge in [-0.15, -0.1) is 0 Å². The third-order valence-electron chi connectivity index (χ3n) is 2.17. The normalized spacial score (nSPS) is 10.9. The van der Waals surface area contributed by atoms with E-state index in [-0.39, 0.29) is 0 Å². The average Bonchev–Trinajstić information content (AvgIpc) is 2.27. The number of rotatable bonds is 2. The van der Waals surface area contributed by atoms with Crippen LogP contribution in [-0.4, -0.2) is 13.6 Å². The zero-order valence-corrected chi connectivity index (χ0v) is 9.66. The van der Waals surface area contributed by atoms with Crippen molar-refractivity contribution in [2.75, 3.05) is 19.3 Å². The number of hydrogen-bond acceptors (Lipinski definition) is 2. The molecule has 0 atom stereocenters. The zero-order chi connectivity index (χ0) is 13.8. The molecule has 6 heteroatoms. The number of hydrogen-bond donors (Lipinski definition) is 2. The summed E-state index contributed by atoms with van der Waals surface area (Å²) in [4.78, 5) is 0. The predicted octanol–water partition coefficient (Wildman–Crippen LogP) is 2.39. The molecule has 0 aliphatic carbocycles. The number of anilines is 1.